The van der Waals surface area contributed by atoms with Crippen LogP contribution in [0.15, 0.2) is 107 Å². The SMILES string of the molecule is Ic1ccc(-c2ccc(C=NN(Cc3ccccc3)c3ccccc3)o2)cc1. The number of hydrogen-bond donors (Lipinski definition) is 0. The molecule has 0 saturated heterocycles. The van der Waals surface area contributed by atoms with Crippen LogP contribution in [-0.4, -0.2) is 6.21 Å². The van der Waals surface area contributed by atoms with Crippen molar-refractivity contribution < 1.29 is 4.42 Å². The van der Waals surface area contributed by atoms with E-state index in [1.165, 1.54) is 9.13 Å². The molecule has 3 aromatic carbocycles. The average molecular weight is 478 g/mol. The van der Waals surface area contributed by atoms with Crippen molar-refractivity contribution in [2.45, 2.75) is 6.54 Å². The molecule has 4 heteroatoms. The zero-order valence-corrected chi connectivity index (χ0v) is 17.4. The van der Waals surface area contributed by atoms with Gasteiger partial charge in [-0.25, -0.2) is 0 Å². The fourth-order valence-electron chi connectivity index (χ4n) is 2.87. The summed E-state index contributed by atoms with van der Waals surface area (Å²) in [6.45, 7) is 0.687. The maximum atomic E-state index is 5.97. The third-order valence-electron chi connectivity index (χ3n) is 4.31. The number of hydrazone groups is 1. The number of rotatable bonds is 6. The molecule has 0 unspecified atom stereocenters. The molecule has 0 atom stereocenters. The Morgan fingerprint density at radius 1 is 0.786 bits per heavy atom. The minimum atomic E-state index is 0.687. The van der Waals surface area contributed by atoms with E-state index in [4.69, 9.17) is 9.52 Å². The van der Waals surface area contributed by atoms with Crippen molar-refractivity contribution >= 4 is 34.5 Å². The van der Waals surface area contributed by atoms with Gasteiger partial charge in [-0.15, -0.1) is 0 Å². The van der Waals surface area contributed by atoms with Crippen molar-refractivity contribution in [3.05, 3.63) is 112 Å². The van der Waals surface area contributed by atoms with Crippen molar-refractivity contribution in [3.63, 3.8) is 0 Å². The number of halogens is 1. The van der Waals surface area contributed by atoms with Gasteiger partial charge >= 0.3 is 0 Å². The predicted octanol–water partition coefficient (Wildman–Crippen LogP) is 6.59. The summed E-state index contributed by atoms with van der Waals surface area (Å²) in [5.74, 6) is 1.56. The fourth-order valence-corrected chi connectivity index (χ4v) is 3.23. The second-order valence-corrected chi connectivity index (χ2v) is 7.58. The van der Waals surface area contributed by atoms with Gasteiger partial charge in [-0.1, -0.05) is 60.7 Å². The van der Waals surface area contributed by atoms with Crippen LogP contribution >= 0.6 is 22.6 Å². The first-order valence-corrected chi connectivity index (χ1v) is 10.1. The zero-order valence-electron chi connectivity index (χ0n) is 15.2. The lowest BCUT2D eigenvalue weighted by Crippen LogP contribution is -2.15. The van der Waals surface area contributed by atoms with Crippen LogP contribution in [0.2, 0.25) is 0 Å². The molecule has 0 spiro atoms. The molecular weight excluding hydrogens is 459 g/mol. The molecule has 0 aliphatic carbocycles. The minimum absolute atomic E-state index is 0.687. The van der Waals surface area contributed by atoms with Gasteiger partial charge in [0.1, 0.15) is 11.5 Å². The molecular formula is C24H19IN2O. The number of hydrogen-bond acceptors (Lipinski definition) is 3. The number of para-hydroxylation sites is 1. The molecule has 0 fully saturated rings. The van der Waals surface area contributed by atoms with Crippen molar-refractivity contribution in [2.24, 2.45) is 5.10 Å². The van der Waals surface area contributed by atoms with Gasteiger partial charge in [-0.05, 0) is 64.6 Å². The first-order chi connectivity index (χ1) is 13.8. The van der Waals surface area contributed by atoms with Crippen molar-refractivity contribution in [1.29, 1.82) is 0 Å². The smallest absolute Gasteiger partial charge is 0.147 e. The Morgan fingerprint density at radius 2 is 1.46 bits per heavy atom. The standard InChI is InChI=1S/C24H19IN2O/c25-21-13-11-20(12-14-21)24-16-15-23(28-24)17-26-27(22-9-5-2-6-10-22)18-19-7-3-1-4-8-19/h1-17H,18H2. The number of benzene rings is 3. The van der Waals surface area contributed by atoms with E-state index in [0.29, 0.717) is 6.54 Å². The van der Waals surface area contributed by atoms with Crippen LogP contribution in [-0.2, 0) is 6.54 Å². The van der Waals surface area contributed by atoms with E-state index in [0.717, 1.165) is 22.8 Å². The molecule has 0 radical (unpaired) electrons. The molecule has 0 N–H and O–H groups in total. The fraction of sp³-hybridized carbons (Fsp3) is 0.0417. The van der Waals surface area contributed by atoms with Crippen molar-refractivity contribution in [3.8, 4) is 11.3 Å². The summed E-state index contributed by atoms with van der Waals surface area (Å²) in [4.78, 5) is 0. The van der Waals surface area contributed by atoms with E-state index in [1.54, 1.807) is 6.21 Å². The molecule has 1 aromatic heterocycles. The van der Waals surface area contributed by atoms with E-state index in [9.17, 15) is 0 Å². The maximum absolute atomic E-state index is 5.97. The summed E-state index contributed by atoms with van der Waals surface area (Å²) in [5, 5.41) is 6.67. The Balaban J connectivity index is 1.56. The molecule has 0 aliphatic heterocycles. The van der Waals surface area contributed by atoms with Crippen LogP contribution in [0.4, 0.5) is 5.69 Å². The van der Waals surface area contributed by atoms with Crippen LogP contribution in [0.25, 0.3) is 11.3 Å². The molecule has 138 valence electrons. The van der Waals surface area contributed by atoms with Crippen LogP contribution in [0, 0.1) is 3.57 Å². The van der Waals surface area contributed by atoms with Crippen molar-refractivity contribution in [2.75, 3.05) is 5.01 Å². The zero-order chi connectivity index (χ0) is 19.2. The number of anilines is 1. The third kappa shape index (κ3) is 4.70. The summed E-state index contributed by atoms with van der Waals surface area (Å²) in [6, 6.07) is 32.7. The number of furan rings is 1. The highest BCUT2D eigenvalue weighted by Gasteiger charge is 2.07. The van der Waals surface area contributed by atoms with Crippen LogP contribution < -0.4 is 5.01 Å². The second kappa shape index (κ2) is 8.89. The molecule has 28 heavy (non-hydrogen) atoms. The average Bonchev–Trinajstić information content (AvgIpc) is 3.22. The third-order valence-corrected chi connectivity index (χ3v) is 5.03. The van der Waals surface area contributed by atoms with Crippen LogP contribution in [0.3, 0.4) is 0 Å². The van der Waals surface area contributed by atoms with Crippen molar-refractivity contribution in [1.82, 2.24) is 0 Å². The lowest BCUT2D eigenvalue weighted by atomic mass is 10.2. The highest BCUT2D eigenvalue weighted by molar-refractivity contribution is 14.1. The Labute approximate surface area is 178 Å². The summed E-state index contributed by atoms with van der Waals surface area (Å²) < 4.78 is 7.17. The molecule has 0 bridgehead atoms. The van der Waals surface area contributed by atoms with Gasteiger partial charge in [0.2, 0.25) is 0 Å². The predicted molar refractivity (Wildman–Crippen MR) is 124 cm³/mol. The van der Waals surface area contributed by atoms with Gasteiger partial charge in [0.25, 0.3) is 0 Å². The van der Waals surface area contributed by atoms with E-state index in [1.807, 2.05) is 53.5 Å². The normalized spacial score (nSPS) is 11.0. The Hall–Kier alpha value is -2.86. The monoisotopic (exact) mass is 478 g/mol. The maximum Gasteiger partial charge on any atom is 0.147 e. The van der Waals surface area contributed by atoms with E-state index < -0.39 is 0 Å². The quantitative estimate of drug-likeness (QED) is 0.178. The van der Waals surface area contributed by atoms with Crippen LogP contribution in [0.1, 0.15) is 11.3 Å². The lowest BCUT2D eigenvalue weighted by Gasteiger charge is -2.19. The molecule has 0 saturated carbocycles. The molecule has 1 heterocycles. The first-order valence-electron chi connectivity index (χ1n) is 9.04. The second-order valence-electron chi connectivity index (χ2n) is 6.33. The topological polar surface area (TPSA) is 28.7 Å². The molecule has 4 aromatic rings. The van der Waals surface area contributed by atoms with E-state index in [-0.39, 0.29) is 0 Å². The van der Waals surface area contributed by atoms with Gasteiger partial charge in [-0.3, -0.25) is 5.01 Å². The molecule has 4 rings (SSSR count). The van der Waals surface area contributed by atoms with Gasteiger partial charge in [-0.2, -0.15) is 5.10 Å². The molecule has 3 nitrogen and oxygen atoms in total. The Bertz CT molecular complexity index is 1040. The van der Waals surface area contributed by atoms with Gasteiger partial charge < -0.3 is 4.42 Å². The summed E-state index contributed by atoms with van der Waals surface area (Å²) in [7, 11) is 0. The highest BCUT2D eigenvalue weighted by atomic mass is 127. The van der Waals surface area contributed by atoms with Gasteiger partial charge in [0.05, 0.1) is 18.4 Å². The van der Waals surface area contributed by atoms with Gasteiger partial charge in [0.15, 0.2) is 0 Å². The largest absolute Gasteiger partial charge is 0.455 e. The summed E-state index contributed by atoms with van der Waals surface area (Å²) >= 11 is 2.30. The Morgan fingerprint density at radius 3 is 2.18 bits per heavy atom. The van der Waals surface area contributed by atoms with E-state index >= 15 is 0 Å². The molecule has 0 amide bonds. The van der Waals surface area contributed by atoms with E-state index in [2.05, 4.69) is 71.1 Å². The summed E-state index contributed by atoms with van der Waals surface area (Å²) in [6.07, 6.45) is 1.77. The summed E-state index contributed by atoms with van der Waals surface area (Å²) in [5.41, 5.74) is 3.29. The highest BCUT2D eigenvalue weighted by Crippen LogP contribution is 2.23. The van der Waals surface area contributed by atoms with Gasteiger partial charge in [0, 0.05) is 9.13 Å². The minimum Gasteiger partial charge on any atom is -0.455 e. The lowest BCUT2D eigenvalue weighted by molar-refractivity contribution is 0.574. The first kappa shape index (κ1) is 18.5. The Kier molecular flexibility index (Phi) is 5.87. The van der Waals surface area contributed by atoms with Crippen LogP contribution in [0.5, 0.6) is 0 Å². The number of nitrogens with zero attached hydrogens (tertiary/aromatic N) is 2. The molecule has 0 aliphatic rings.